The van der Waals surface area contributed by atoms with Gasteiger partial charge in [0.2, 0.25) is 25.0 Å². The molecule has 0 spiro atoms. The Kier molecular flexibility index (Phi) is 4.40. The summed E-state index contributed by atoms with van der Waals surface area (Å²) < 4.78 is 10.6. The van der Waals surface area contributed by atoms with E-state index < -0.39 is 0 Å². The van der Waals surface area contributed by atoms with Crippen LogP contribution in [0.1, 0.15) is 12.0 Å². The van der Waals surface area contributed by atoms with Crippen molar-refractivity contribution < 1.29 is 23.9 Å². The van der Waals surface area contributed by atoms with Crippen LogP contribution in [0.4, 0.5) is 0 Å². The van der Waals surface area contributed by atoms with E-state index in [0.29, 0.717) is 50.6 Å². The van der Waals surface area contributed by atoms with Gasteiger partial charge in [0.15, 0.2) is 11.5 Å². The van der Waals surface area contributed by atoms with Gasteiger partial charge in [-0.2, -0.15) is 0 Å². The number of benzene rings is 1. The first-order valence-corrected chi connectivity index (χ1v) is 8.80. The lowest BCUT2D eigenvalue weighted by molar-refractivity contribution is -0.137. The average Bonchev–Trinajstić information content (AvgIpc) is 3.35. The lowest BCUT2D eigenvalue weighted by Crippen LogP contribution is -2.48. The zero-order valence-electron chi connectivity index (χ0n) is 14.3. The van der Waals surface area contributed by atoms with Crippen LogP contribution >= 0.6 is 0 Å². The highest BCUT2D eigenvalue weighted by Crippen LogP contribution is 2.40. The van der Waals surface area contributed by atoms with Crippen LogP contribution < -0.4 is 14.8 Å². The number of hydrogen-bond donors (Lipinski definition) is 1. The van der Waals surface area contributed by atoms with Gasteiger partial charge in [-0.3, -0.25) is 14.4 Å². The van der Waals surface area contributed by atoms with Gasteiger partial charge in [-0.15, -0.1) is 0 Å². The quantitative estimate of drug-likeness (QED) is 0.746. The molecule has 1 aromatic carbocycles. The van der Waals surface area contributed by atoms with E-state index in [2.05, 4.69) is 5.32 Å². The molecular formula is C18H21N3O5. The number of piperazine rings is 1. The SMILES string of the molecule is O=CN1CCN(C(=O)C2CC2C(=O)NCc2ccc3c(c2)OCO3)CC1. The van der Waals surface area contributed by atoms with E-state index in [0.717, 1.165) is 12.0 Å². The largest absolute Gasteiger partial charge is 0.454 e. The van der Waals surface area contributed by atoms with E-state index in [1.807, 2.05) is 18.2 Å². The van der Waals surface area contributed by atoms with Crippen LogP contribution in [0.2, 0.25) is 0 Å². The van der Waals surface area contributed by atoms with E-state index in [1.165, 1.54) is 0 Å². The fourth-order valence-corrected chi connectivity index (χ4v) is 3.41. The minimum atomic E-state index is -0.249. The lowest BCUT2D eigenvalue weighted by atomic mass is 10.2. The van der Waals surface area contributed by atoms with E-state index >= 15 is 0 Å². The van der Waals surface area contributed by atoms with Crippen LogP contribution in [0.25, 0.3) is 0 Å². The van der Waals surface area contributed by atoms with Crippen LogP contribution in [-0.4, -0.2) is 61.0 Å². The lowest BCUT2D eigenvalue weighted by Gasteiger charge is -2.32. The van der Waals surface area contributed by atoms with Crippen molar-refractivity contribution in [2.24, 2.45) is 11.8 Å². The summed E-state index contributed by atoms with van der Waals surface area (Å²) in [5, 5.41) is 2.90. The summed E-state index contributed by atoms with van der Waals surface area (Å²) in [5.74, 6) is 0.856. The molecule has 8 nitrogen and oxygen atoms in total. The predicted molar refractivity (Wildman–Crippen MR) is 90.2 cm³/mol. The predicted octanol–water partition coefficient (Wildman–Crippen LogP) is -0.0318. The molecule has 8 heteroatoms. The van der Waals surface area contributed by atoms with Gasteiger partial charge < -0.3 is 24.6 Å². The van der Waals surface area contributed by atoms with Crippen molar-refractivity contribution in [2.45, 2.75) is 13.0 Å². The van der Waals surface area contributed by atoms with Gasteiger partial charge >= 0.3 is 0 Å². The zero-order valence-corrected chi connectivity index (χ0v) is 14.3. The molecule has 3 aliphatic rings. The Hall–Kier alpha value is -2.77. The van der Waals surface area contributed by atoms with Crippen molar-refractivity contribution in [1.82, 2.24) is 15.1 Å². The van der Waals surface area contributed by atoms with E-state index in [4.69, 9.17) is 9.47 Å². The third kappa shape index (κ3) is 3.31. The van der Waals surface area contributed by atoms with Crippen molar-refractivity contribution in [1.29, 1.82) is 0 Å². The molecule has 1 aromatic rings. The molecule has 138 valence electrons. The third-order valence-electron chi connectivity index (χ3n) is 5.12. The van der Waals surface area contributed by atoms with Crippen LogP contribution in [0.5, 0.6) is 11.5 Å². The van der Waals surface area contributed by atoms with Crippen LogP contribution in [0.15, 0.2) is 18.2 Å². The number of carbonyl (C=O) groups is 3. The number of ether oxygens (including phenoxy) is 2. The molecule has 3 amide bonds. The normalized spacial score (nSPS) is 23.5. The van der Waals surface area contributed by atoms with Gasteiger partial charge in [-0.1, -0.05) is 6.07 Å². The summed E-state index contributed by atoms with van der Waals surface area (Å²) in [4.78, 5) is 38.9. The highest BCUT2D eigenvalue weighted by atomic mass is 16.7. The monoisotopic (exact) mass is 359 g/mol. The third-order valence-corrected chi connectivity index (χ3v) is 5.12. The van der Waals surface area contributed by atoms with Gasteiger partial charge in [0, 0.05) is 32.7 Å². The summed E-state index contributed by atoms with van der Waals surface area (Å²) in [6.45, 7) is 2.81. The Morgan fingerprint density at radius 1 is 1.12 bits per heavy atom. The first-order valence-electron chi connectivity index (χ1n) is 8.80. The van der Waals surface area contributed by atoms with Gasteiger partial charge in [0.1, 0.15) is 0 Å². The molecule has 2 atom stereocenters. The van der Waals surface area contributed by atoms with Crippen LogP contribution in [0, 0.1) is 11.8 Å². The number of nitrogens with zero attached hydrogens (tertiary/aromatic N) is 2. The maximum Gasteiger partial charge on any atom is 0.231 e. The first-order chi connectivity index (χ1) is 12.7. The maximum atomic E-state index is 12.5. The molecule has 2 heterocycles. The Morgan fingerprint density at radius 2 is 1.88 bits per heavy atom. The number of amides is 3. The van der Waals surface area contributed by atoms with Gasteiger partial charge in [-0.05, 0) is 24.1 Å². The number of carbonyl (C=O) groups excluding carboxylic acids is 3. The number of nitrogens with one attached hydrogen (secondary N) is 1. The molecule has 0 radical (unpaired) electrons. The summed E-state index contributed by atoms with van der Waals surface area (Å²) in [6, 6.07) is 5.56. The second kappa shape index (κ2) is 6.86. The summed E-state index contributed by atoms with van der Waals surface area (Å²) in [7, 11) is 0. The Morgan fingerprint density at radius 3 is 2.65 bits per heavy atom. The number of rotatable bonds is 5. The van der Waals surface area contributed by atoms with Crippen LogP contribution in [0.3, 0.4) is 0 Å². The second-order valence-corrected chi connectivity index (χ2v) is 6.82. The smallest absolute Gasteiger partial charge is 0.231 e. The summed E-state index contributed by atoms with van der Waals surface area (Å²) in [6.07, 6.45) is 1.41. The van der Waals surface area contributed by atoms with E-state index in [-0.39, 0.29) is 30.4 Å². The van der Waals surface area contributed by atoms with Crippen molar-refractivity contribution >= 4 is 18.2 Å². The van der Waals surface area contributed by atoms with Crippen molar-refractivity contribution in [3.63, 3.8) is 0 Å². The molecule has 2 fully saturated rings. The topological polar surface area (TPSA) is 88.2 Å². The zero-order chi connectivity index (χ0) is 18.1. The molecular weight excluding hydrogens is 338 g/mol. The Bertz CT molecular complexity index is 730. The second-order valence-electron chi connectivity index (χ2n) is 6.82. The summed E-state index contributed by atoms with van der Waals surface area (Å²) in [5.41, 5.74) is 0.927. The van der Waals surface area contributed by atoms with E-state index in [9.17, 15) is 14.4 Å². The van der Waals surface area contributed by atoms with Crippen molar-refractivity contribution in [3.8, 4) is 11.5 Å². The molecule has 4 rings (SSSR count). The molecule has 26 heavy (non-hydrogen) atoms. The van der Waals surface area contributed by atoms with E-state index in [1.54, 1.807) is 9.80 Å². The first kappa shape index (κ1) is 16.7. The molecule has 2 unspecified atom stereocenters. The highest BCUT2D eigenvalue weighted by molar-refractivity contribution is 5.92. The Labute approximate surface area is 151 Å². The van der Waals surface area contributed by atoms with Crippen molar-refractivity contribution in [3.05, 3.63) is 23.8 Å². The highest BCUT2D eigenvalue weighted by Gasteiger charge is 2.49. The minimum absolute atomic E-state index is 0.0266. The summed E-state index contributed by atoms with van der Waals surface area (Å²) >= 11 is 0. The molecule has 0 bridgehead atoms. The van der Waals surface area contributed by atoms with Crippen molar-refractivity contribution in [2.75, 3.05) is 33.0 Å². The van der Waals surface area contributed by atoms with Gasteiger partial charge in [-0.25, -0.2) is 0 Å². The fourth-order valence-electron chi connectivity index (χ4n) is 3.41. The standard InChI is InChI=1S/C18H21N3O5/c22-10-20-3-5-21(6-4-20)18(24)14-8-13(14)17(23)19-9-12-1-2-15-16(7-12)26-11-25-15/h1-2,7,10,13-14H,3-6,8-9,11H2,(H,19,23). The molecule has 1 saturated carbocycles. The average molecular weight is 359 g/mol. The molecule has 0 aromatic heterocycles. The minimum Gasteiger partial charge on any atom is -0.454 e. The van der Waals surface area contributed by atoms with Gasteiger partial charge in [0.25, 0.3) is 0 Å². The maximum absolute atomic E-state index is 12.5. The van der Waals surface area contributed by atoms with Gasteiger partial charge in [0.05, 0.1) is 11.8 Å². The molecule has 1 aliphatic carbocycles. The number of hydrogen-bond acceptors (Lipinski definition) is 5. The fraction of sp³-hybridized carbons (Fsp3) is 0.500. The van der Waals surface area contributed by atoms with Crippen LogP contribution in [-0.2, 0) is 20.9 Å². The molecule has 1 N–H and O–H groups in total. The molecule has 2 aliphatic heterocycles. The Balaban J connectivity index is 1.25. The molecule has 1 saturated heterocycles. The number of fused-ring (bicyclic) bond motifs is 1.